The highest BCUT2D eigenvalue weighted by Crippen LogP contribution is 2.17. The van der Waals surface area contributed by atoms with Gasteiger partial charge < -0.3 is 20.3 Å². The maximum atomic E-state index is 12.4. The smallest absolute Gasteiger partial charge is 0.305 e. The largest absolute Gasteiger partial charge is 0.466 e. The molecule has 0 fully saturated rings. The summed E-state index contributed by atoms with van der Waals surface area (Å²) in [5, 5.41) is 23.1. The first-order valence-corrected chi connectivity index (χ1v) is 27.0. The molecule has 0 radical (unpaired) electrons. The second kappa shape index (κ2) is 50.2. The molecule has 0 aromatic rings. The van der Waals surface area contributed by atoms with Crippen LogP contribution in [0, 0.1) is 0 Å². The van der Waals surface area contributed by atoms with Crippen molar-refractivity contribution >= 4 is 11.9 Å². The van der Waals surface area contributed by atoms with Gasteiger partial charge in [-0.05, 0) is 32.1 Å². The Hall–Kier alpha value is -1.40. The van der Waals surface area contributed by atoms with Gasteiger partial charge in [0.25, 0.3) is 0 Å². The van der Waals surface area contributed by atoms with Gasteiger partial charge in [0.1, 0.15) is 0 Å². The summed E-state index contributed by atoms with van der Waals surface area (Å²) < 4.78 is 5.46. The highest BCUT2D eigenvalue weighted by Gasteiger charge is 2.18. The lowest BCUT2D eigenvalue weighted by Gasteiger charge is -2.20. The molecule has 6 nitrogen and oxygen atoms in total. The molecular formula is C54H105NO5. The molecule has 0 aliphatic rings. The van der Waals surface area contributed by atoms with Crippen LogP contribution < -0.4 is 5.32 Å². The van der Waals surface area contributed by atoms with E-state index in [1.54, 1.807) is 6.08 Å². The fourth-order valence-electron chi connectivity index (χ4n) is 8.40. The quantitative estimate of drug-likeness (QED) is 0.0322. The molecule has 0 saturated heterocycles. The second-order valence-electron chi connectivity index (χ2n) is 18.6. The minimum absolute atomic E-state index is 0.00494. The van der Waals surface area contributed by atoms with Gasteiger partial charge >= 0.3 is 5.97 Å². The van der Waals surface area contributed by atoms with Gasteiger partial charge in [-0.25, -0.2) is 0 Å². The Morgan fingerprint density at radius 3 is 1.13 bits per heavy atom. The molecule has 0 aliphatic heterocycles. The number of carbonyl (C=O) groups is 2. The first-order valence-electron chi connectivity index (χ1n) is 27.0. The van der Waals surface area contributed by atoms with Crippen molar-refractivity contribution in [3.8, 4) is 0 Å². The molecule has 6 heteroatoms. The number of rotatable bonds is 50. The minimum atomic E-state index is -0.852. The summed E-state index contributed by atoms with van der Waals surface area (Å²) in [6, 6.07) is -0.636. The van der Waals surface area contributed by atoms with E-state index < -0.39 is 12.1 Å². The summed E-state index contributed by atoms with van der Waals surface area (Å²) in [4.78, 5) is 24.5. The number of hydrogen-bond donors (Lipinski definition) is 3. The Balaban J connectivity index is 3.48. The molecule has 2 atom stereocenters. The molecule has 0 rings (SSSR count). The van der Waals surface area contributed by atoms with Crippen LogP contribution in [-0.4, -0.2) is 47.4 Å². The van der Waals surface area contributed by atoms with E-state index in [9.17, 15) is 19.8 Å². The van der Waals surface area contributed by atoms with E-state index in [1.807, 2.05) is 6.08 Å². The number of ether oxygens (including phenoxy) is 1. The minimum Gasteiger partial charge on any atom is -0.466 e. The summed E-state index contributed by atoms with van der Waals surface area (Å²) in [6.07, 6.45) is 57.8. The SMILES string of the molecule is CCCCCCCCCCCCCCCCC/C=C/C(O)C(CO)NC(=O)CCCCCCCCCCCCCCCOC(=O)CCCCCCCCCCCCCCC. The van der Waals surface area contributed by atoms with Crippen molar-refractivity contribution in [3.63, 3.8) is 0 Å². The molecule has 0 aromatic heterocycles. The topological polar surface area (TPSA) is 95.9 Å². The standard InChI is InChI=1S/C54H105NO5/c1-3-5-7-9-11-13-15-17-18-19-20-23-26-30-34-38-42-46-52(57)51(50-56)55-53(58)47-43-39-35-31-27-24-21-25-29-33-37-41-45-49-60-54(59)48-44-40-36-32-28-22-16-14-12-10-8-6-4-2/h42,46,51-52,56-57H,3-41,43-45,47-50H2,1-2H3,(H,55,58)/b46-42+. The summed E-state index contributed by atoms with van der Waals surface area (Å²) in [5.41, 5.74) is 0. The zero-order valence-electron chi connectivity index (χ0n) is 40.5. The Morgan fingerprint density at radius 2 is 0.767 bits per heavy atom. The normalized spacial score (nSPS) is 12.7. The first-order chi connectivity index (χ1) is 29.5. The van der Waals surface area contributed by atoms with Crippen LogP contribution in [0.4, 0.5) is 0 Å². The lowest BCUT2D eigenvalue weighted by atomic mass is 10.0. The monoisotopic (exact) mass is 848 g/mol. The molecular weight excluding hydrogens is 743 g/mol. The lowest BCUT2D eigenvalue weighted by molar-refractivity contribution is -0.143. The van der Waals surface area contributed by atoms with Gasteiger partial charge in [0.15, 0.2) is 0 Å². The Labute approximate surface area is 374 Å². The van der Waals surface area contributed by atoms with E-state index in [1.165, 1.54) is 212 Å². The van der Waals surface area contributed by atoms with Gasteiger partial charge in [0.2, 0.25) is 5.91 Å². The molecule has 1 amide bonds. The number of carbonyl (C=O) groups excluding carboxylic acids is 2. The van der Waals surface area contributed by atoms with Crippen molar-refractivity contribution in [1.82, 2.24) is 5.32 Å². The van der Waals surface area contributed by atoms with Crippen molar-refractivity contribution in [2.45, 2.75) is 309 Å². The van der Waals surface area contributed by atoms with Crippen LogP contribution in [0.2, 0.25) is 0 Å². The molecule has 60 heavy (non-hydrogen) atoms. The zero-order chi connectivity index (χ0) is 43.7. The highest BCUT2D eigenvalue weighted by molar-refractivity contribution is 5.76. The molecule has 0 saturated carbocycles. The van der Waals surface area contributed by atoms with E-state index in [-0.39, 0.29) is 18.5 Å². The van der Waals surface area contributed by atoms with E-state index in [0.29, 0.717) is 19.4 Å². The maximum Gasteiger partial charge on any atom is 0.305 e. The number of unbranched alkanes of at least 4 members (excludes halogenated alkanes) is 39. The Bertz CT molecular complexity index is 893. The van der Waals surface area contributed by atoms with Crippen LogP contribution in [0.5, 0.6) is 0 Å². The number of aliphatic hydroxyl groups is 2. The summed E-state index contributed by atoms with van der Waals surface area (Å²) in [5.74, 6) is -0.0835. The summed E-state index contributed by atoms with van der Waals surface area (Å²) >= 11 is 0. The number of amides is 1. The fourth-order valence-corrected chi connectivity index (χ4v) is 8.40. The number of hydrogen-bond acceptors (Lipinski definition) is 5. The van der Waals surface area contributed by atoms with Gasteiger partial charge in [-0.2, -0.15) is 0 Å². The van der Waals surface area contributed by atoms with Gasteiger partial charge in [0.05, 0.1) is 25.4 Å². The Morgan fingerprint density at radius 1 is 0.450 bits per heavy atom. The highest BCUT2D eigenvalue weighted by atomic mass is 16.5. The molecule has 2 unspecified atom stereocenters. The van der Waals surface area contributed by atoms with Crippen LogP contribution in [0.1, 0.15) is 296 Å². The second-order valence-corrected chi connectivity index (χ2v) is 18.6. The van der Waals surface area contributed by atoms with Crippen LogP contribution in [-0.2, 0) is 14.3 Å². The van der Waals surface area contributed by atoms with Crippen LogP contribution >= 0.6 is 0 Å². The average Bonchev–Trinajstić information content (AvgIpc) is 3.25. The molecule has 0 bridgehead atoms. The van der Waals surface area contributed by atoms with Crippen LogP contribution in [0.15, 0.2) is 12.2 Å². The van der Waals surface area contributed by atoms with Crippen LogP contribution in [0.25, 0.3) is 0 Å². The summed E-state index contributed by atoms with van der Waals surface area (Å²) in [6.45, 7) is 4.89. The molecule has 0 heterocycles. The van der Waals surface area contributed by atoms with E-state index in [2.05, 4.69) is 19.2 Å². The number of allylic oxidation sites excluding steroid dienone is 1. The van der Waals surface area contributed by atoms with E-state index in [0.717, 1.165) is 57.8 Å². The van der Waals surface area contributed by atoms with Gasteiger partial charge in [-0.15, -0.1) is 0 Å². The van der Waals surface area contributed by atoms with E-state index >= 15 is 0 Å². The molecule has 0 aromatic carbocycles. The third-order valence-electron chi connectivity index (χ3n) is 12.6. The predicted molar refractivity (Wildman–Crippen MR) is 260 cm³/mol. The van der Waals surface area contributed by atoms with E-state index in [4.69, 9.17) is 4.74 Å². The first kappa shape index (κ1) is 58.6. The van der Waals surface area contributed by atoms with Crippen molar-refractivity contribution in [3.05, 3.63) is 12.2 Å². The molecule has 0 spiro atoms. The van der Waals surface area contributed by atoms with Crippen LogP contribution in [0.3, 0.4) is 0 Å². The molecule has 356 valence electrons. The average molecular weight is 848 g/mol. The third kappa shape index (κ3) is 46.1. The number of nitrogens with one attached hydrogen (secondary N) is 1. The van der Waals surface area contributed by atoms with Gasteiger partial charge in [-0.3, -0.25) is 9.59 Å². The van der Waals surface area contributed by atoms with Crippen molar-refractivity contribution in [2.75, 3.05) is 13.2 Å². The zero-order valence-corrected chi connectivity index (χ0v) is 40.5. The molecule has 3 N–H and O–H groups in total. The van der Waals surface area contributed by atoms with Crippen molar-refractivity contribution in [1.29, 1.82) is 0 Å². The molecule has 0 aliphatic carbocycles. The Kier molecular flexibility index (Phi) is 49.1. The lowest BCUT2D eigenvalue weighted by Crippen LogP contribution is -2.45. The van der Waals surface area contributed by atoms with Crippen molar-refractivity contribution < 1.29 is 24.5 Å². The number of esters is 1. The maximum absolute atomic E-state index is 12.4. The fraction of sp³-hybridized carbons (Fsp3) is 0.926. The summed E-state index contributed by atoms with van der Waals surface area (Å²) in [7, 11) is 0. The van der Waals surface area contributed by atoms with Crippen molar-refractivity contribution in [2.24, 2.45) is 0 Å². The number of aliphatic hydroxyl groups excluding tert-OH is 2. The predicted octanol–water partition coefficient (Wildman–Crippen LogP) is 16.1. The van der Waals surface area contributed by atoms with Gasteiger partial charge in [-0.1, -0.05) is 264 Å². The van der Waals surface area contributed by atoms with Gasteiger partial charge in [0, 0.05) is 12.8 Å². The third-order valence-corrected chi connectivity index (χ3v) is 12.6.